The van der Waals surface area contributed by atoms with Gasteiger partial charge in [0.15, 0.2) is 0 Å². The summed E-state index contributed by atoms with van der Waals surface area (Å²) in [5.74, 6) is -2.23. The highest BCUT2D eigenvalue weighted by molar-refractivity contribution is 7.87. The van der Waals surface area contributed by atoms with Crippen LogP contribution in [0.4, 0.5) is 8.78 Å². The molecule has 0 atom stereocenters. The Labute approximate surface area is 143 Å². The molecule has 0 saturated carbocycles. The van der Waals surface area contributed by atoms with Gasteiger partial charge in [-0.3, -0.25) is 4.55 Å². The standard InChI is InChI=1S/C16H30F2O5S/c1-2-3-4-5-6-7-8-9-10-11-12-13-14-23-15(19)16(17,18)24(20,21)22/h2-14H2,1H3,(H,20,21,22). The van der Waals surface area contributed by atoms with Crippen LogP contribution in [-0.4, -0.2) is 30.8 Å². The Bertz CT molecular complexity index is 438. The van der Waals surface area contributed by atoms with Gasteiger partial charge in [-0.2, -0.15) is 17.2 Å². The van der Waals surface area contributed by atoms with Gasteiger partial charge in [0.1, 0.15) is 0 Å². The van der Waals surface area contributed by atoms with Crippen molar-refractivity contribution in [3.63, 3.8) is 0 Å². The third kappa shape index (κ3) is 10.2. The van der Waals surface area contributed by atoms with Crippen molar-refractivity contribution in [2.45, 2.75) is 89.2 Å². The molecule has 0 aliphatic rings. The van der Waals surface area contributed by atoms with E-state index >= 15 is 0 Å². The minimum atomic E-state index is -5.78. The van der Waals surface area contributed by atoms with Gasteiger partial charge in [0.05, 0.1) is 6.61 Å². The first-order chi connectivity index (χ1) is 11.2. The summed E-state index contributed by atoms with van der Waals surface area (Å²) in [4.78, 5) is 10.9. The number of hydrogen-bond acceptors (Lipinski definition) is 4. The molecule has 0 rings (SSSR count). The first-order valence-electron chi connectivity index (χ1n) is 8.75. The molecule has 0 radical (unpaired) electrons. The lowest BCUT2D eigenvalue weighted by Crippen LogP contribution is -2.39. The molecule has 5 nitrogen and oxygen atoms in total. The maximum atomic E-state index is 12.9. The second kappa shape index (κ2) is 12.6. The smallest absolute Gasteiger partial charge is 0.460 e. The highest BCUT2D eigenvalue weighted by Crippen LogP contribution is 2.22. The van der Waals surface area contributed by atoms with E-state index in [9.17, 15) is 22.0 Å². The lowest BCUT2D eigenvalue weighted by molar-refractivity contribution is -0.161. The van der Waals surface area contributed by atoms with E-state index in [-0.39, 0.29) is 6.61 Å². The summed E-state index contributed by atoms with van der Waals surface area (Å²) in [5.41, 5.74) is 0. The maximum Gasteiger partial charge on any atom is 0.465 e. The number of halogens is 2. The van der Waals surface area contributed by atoms with Crippen LogP contribution < -0.4 is 0 Å². The summed E-state index contributed by atoms with van der Waals surface area (Å²) in [5, 5.41) is -4.90. The number of unbranched alkanes of at least 4 members (excludes halogenated alkanes) is 11. The van der Waals surface area contributed by atoms with E-state index in [1.807, 2.05) is 0 Å². The van der Waals surface area contributed by atoms with E-state index in [0.717, 1.165) is 25.7 Å². The maximum absolute atomic E-state index is 12.9. The summed E-state index contributed by atoms with van der Waals surface area (Å²) < 4.78 is 58.8. The van der Waals surface area contributed by atoms with E-state index < -0.39 is 21.3 Å². The molecule has 0 aromatic heterocycles. The van der Waals surface area contributed by atoms with E-state index in [4.69, 9.17) is 4.55 Å². The van der Waals surface area contributed by atoms with Crippen LogP contribution in [0.25, 0.3) is 0 Å². The molecule has 8 heteroatoms. The van der Waals surface area contributed by atoms with Crippen molar-refractivity contribution in [2.24, 2.45) is 0 Å². The molecule has 0 aromatic carbocycles. The number of ether oxygens (including phenoxy) is 1. The molecule has 144 valence electrons. The zero-order chi connectivity index (χ0) is 18.5. The Morgan fingerprint density at radius 2 is 1.25 bits per heavy atom. The Kier molecular flexibility index (Phi) is 12.2. The van der Waals surface area contributed by atoms with Gasteiger partial charge in [0.2, 0.25) is 0 Å². The number of esters is 1. The molecule has 0 unspecified atom stereocenters. The summed E-state index contributed by atoms with van der Waals surface area (Å²) in [6.45, 7) is 1.92. The number of alkyl halides is 2. The molecule has 0 spiro atoms. The van der Waals surface area contributed by atoms with Crippen molar-refractivity contribution in [3.8, 4) is 0 Å². The van der Waals surface area contributed by atoms with Crippen LogP contribution in [0.5, 0.6) is 0 Å². The minimum absolute atomic E-state index is 0.276. The van der Waals surface area contributed by atoms with Gasteiger partial charge < -0.3 is 4.74 Å². The zero-order valence-corrected chi connectivity index (χ0v) is 15.3. The van der Waals surface area contributed by atoms with Crippen molar-refractivity contribution in [1.29, 1.82) is 0 Å². The van der Waals surface area contributed by atoms with Crippen molar-refractivity contribution in [1.82, 2.24) is 0 Å². The number of carbonyl (C=O) groups is 1. The first-order valence-corrected chi connectivity index (χ1v) is 10.2. The molecule has 0 aliphatic carbocycles. The van der Waals surface area contributed by atoms with E-state index in [1.165, 1.54) is 44.9 Å². The molecular formula is C16H30F2O5S. The molecule has 0 fully saturated rings. The molecule has 24 heavy (non-hydrogen) atoms. The molecular weight excluding hydrogens is 342 g/mol. The molecule has 1 N–H and O–H groups in total. The van der Waals surface area contributed by atoms with Gasteiger partial charge in [0.25, 0.3) is 0 Å². The quantitative estimate of drug-likeness (QED) is 0.256. The van der Waals surface area contributed by atoms with Crippen molar-refractivity contribution >= 4 is 16.1 Å². The van der Waals surface area contributed by atoms with Crippen LogP contribution >= 0.6 is 0 Å². The third-order valence-electron chi connectivity index (χ3n) is 3.79. The van der Waals surface area contributed by atoms with Gasteiger partial charge in [-0.25, -0.2) is 4.79 Å². The summed E-state index contributed by atoms with van der Waals surface area (Å²) in [6.07, 6.45) is 13.1. The van der Waals surface area contributed by atoms with Crippen LogP contribution in [0.2, 0.25) is 0 Å². The van der Waals surface area contributed by atoms with Crippen LogP contribution in [0.1, 0.15) is 84.0 Å². The second-order valence-corrected chi connectivity index (χ2v) is 7.48. The van der Waals surface area contributed by atoms with Gasteiger partial charge in [-0.1, -0.05) is 77.6 Å². The average Bonchev–Trinajstić information content (AvgIpc) is 2.50. The number of hydrogen-bond donors (Lipinski definition) is 1. The van der Waals surface area contributed by atoms with Gasteiger partial charge in [0, 0.05) is 0 Å². The fraction of sp³-hybridized carbons (Fsp3) is 0.938. The Hall–Kier alpha value is -0.760. The predicted octanol–water partition coefficient (Wildman–Crippen LogP) is 4.71. The van der Waals surface area contributed by atoms with Crippen molar-refractivity contribution in [2.75, 3.05) is 6.61 Å². The van der Waals surface area contributed by atoms with Gasteiger partial charge >= 0.3 is 21.3 Å². The Morgan fingerprint density at radius 1 is 0.875 bits per heavy atom. The summed E-state index contributed by atoms with van der Waals surface area (Å²) >= 11 is 0. The lowest BCUT2D eigenvalue weighted by atomic mass is 10.1. The van der Waals surface area contributed by atoms with Crippen molar-refractivity contribution in [3.05, 3.63) is 0 Å². The zero-order valence-electron chi connectivity index (χ0n) is 14.4. The lowest BCUT2D eigenvalue weighted by Gasteiger charge is -2.11. The van der Waals surface area contributed by atoms with Crippen LogP contribution in [0, 0.1) is 0 Å². The topological polar surface area (TPSA) is 80.7 Å². The fourth-order valence-corrected chi connectivity index (χ4v) is 2.57. The monoisotopic (exact) mass is 372 g/mol. The van der Waals surface area contributed by atoms with Crippen LogP contribution in [0.3, 0.4) is 0 Å². The molecule has 0 aromatic rings. The second-order valence-electron chi connectivity index (χ2n) is 6.02. The largest absolute Gasteiger partial charge is 0.465 e. The molecule has 0 aliphatic heterocycles. The average molecular weight is 372 g/mol. The first kappa shape index (κ1) is 23.2. The molecule has 0 bridgehead atoms. The van der Waals surface area contributed by atoms with E-state index in [0.29, 0.717) is 6.42 Å². The van der Waals surface area contributed by atoms with Crippen LogP contribution in [-0.2, 0) is 19.6 Å². The molecule has 0 amide bonds. The molecule has 0 heterocycles. The normalized spacial score (nSPS) is 12.3. The van der Waals surface area contributed by atoms with Crippen LogP contribution in [0.15, 0.2) is 0 Å². The van der Waals surface area contributed by atoms with Gasteiger partial charge in [-0.15, -0.1) is 0 Å². The highest BCUT2D eigenvalue weighted by atomic mass is 32.2. The Balaban J connectivity index is 3.47. The minimum Gasteiger partial charge on any atom is -0.460 e. The Morgan fingerprint density at radius 3 is 1.62 bits per heavy atom. The van der Waals surface area contributed by atoms with E-state index in [1.54, 1.807) is 0 Å². The SMILES string of the molecule is CCCCCCCCCCCCCCOC(=O)C(F)(F)S(=O)(=O)O. The number of rotatable bonds is 15. The number of carbonyl (C=O) groups excluding carboxylic acids is 1. The van der Waals surface area contributed by atoms with Crippen molar-refractivity contribution < 1.29 is 31.3 Å². The third-order valence-corrected chi connectivity index (χ3v) is 4.61. The molecule has 0 saturated heterocycles. The summed E-state index contributed by atoms with van der Waals surface area (Å²) in [7, 11) is -5.78. The van der Waals surface area contributed by atoms with E-state index in [2.05, 4.69) is 11.7 Å². The predicted molar refractivity (Wildman–Crippen MR) is 88.5 cm³/mol. The summed E-state index contributed by atoms with van der Waals surface area (Å²) in [6, 6.07) is 0. The van der Waals surface area contributed by atoms with Gasteiger partial charge in [-0.05, 0) is 6.42 Å². The fourth-order valence-electron chi connectivity index (χ4n) is 2.30. The highest BCUT2D eigenvalue weighted by Gasteiger charge is 2.54.